The van der Waals surface area contributed by atoms with Crippen LogP contribution in [0.3, 0.4) is 0 Å². The Balaban J connectivity index is 0.00000139. The van der Waals surface area contributed by atoms with Gasteiger partial charge in [0.1, 0.15) is 0 Å². The second-order valence-electron chi connectivity index (χ2n) is 5.70. The van der Waals surface area contributed by atoms with Crippen LogP contribution in [0, 0.1) is 5.92 Å². The van der Waals surface area contributed by atoms with Crippen molar-refractivity contribution in [2.24, 2.45) is 5.92 Å². The average molecular weight is 346 g/mol. The molecule has 2 aliphatic rings. The van der Waals surface area contributed by atoms with E-state index in [2.05, 4.69) is 13.0 Å². The van der Waals surface area contributed by atoms with Gasteiger partial charge in [-0.1, -0.05) is 32.4 Å². The lowest BCUT2D eigenvalue weighted by molar-refractivity contribution is -0.311. The molecule has 1 fully saturated rings. The van der Waals surface area contributed by atoms with Crippen molar-refractivity contribution in [3.63, 3.8) is 0 Å². The Morgan fingerprint density at radius 1 is 1.33 bits per heavy atom. The molecule has 0 bridgehead atoms. The monoisotopic (exact) mass is 346 g/mol. The van der Waals surface area contributed by atoms with E-state index in [1.807, 2.05) is 13.8 Å². The van der Waals surface area contributed by atoms with E-state index in [-0.39, 0.29) is 18.4 Å². The van der Waals surface area contributed by atoms with Crippen molar-refractivity contribution < 1.29 is 28.1 Å². The third-order valence-corrected chi connectivity index (χ3v) is 3.94. The van der Waals surface area contributed by atoms with Gasteiger partial charge in [-0.05, 0) is 25.7 Å². The van der Waals surface area contributed by atoms with E-state index in [9.17, 15) is 9.18 Å². The molecule has 0 amide bonds. The van der Waals surface area contributed by atoms with Crippen molar-refractivity contribution in [3.8, 4) is 0 Å². The zero-order valence-corrected chi connectivity index (χ0v) is 15.1. The summed E-state index contributed by atoms with van der Waals surface area (Å²) in [6.07, 6.45) is 6.56. The van der Waals surface area contributed by atoms with Gasteiger partial charge in [0.25, 0.3) is 0 Å². The van der Waals surface area contributed by atoms with Gasteiger partial charge >= 0.3 is 12.4 Å². The third-order valence-electron chi connectivity index (χ3n) is 3.94. The van der Waals surface area contributed by atoms with Gasteiger partial charge in [-0.15, -0.1) is 0 Å². The summed E-state index contributed by atoms with van der Waals surface area (Å²) in [5, 5.41) is 0. The quantitative estimate of drug-likeness (QED) is 0.519. The molecule has 0 N–H and O–H groups in total. The number of carbonyl (C=O) groups is 1. The fourth-order valence-electron chi connectivity index (χ4n) is 2.54. The van der Waals surface area contributed by atoms with Gasteiger partial charge < -0.3 is 18.9 Å². The highest BCUT2D eigenvalue weighted by Crippen LogP contribution is 2.23. The maximum absolute atomic E-state index is 12.0. The van der Waals surface area contributed by atoms with Gasteiger partial charge in [0, 0.05) is 5.92 Å². The van der Waals surface area contributed by atoms with Crippen LogP contribution in [0.15, 0.2) is 11.6 Å². The number of ether oxygens (including phenoxy) is 4. The van der Waals surface area contributed by atoms with Gasteiger partial charge in [-0.2, -0.15) is 0 Å². The van der Waals surface area contributed by atoms with Crippen LogP contribution in [-0.2, 0) is 23.7 Å². The fourth-order valence-corrected chi connectivity index (χ4v) is 2.54. The molecule has 1 aliphatic heterocycles. The van der Waals surface area contributed by atoms with Gasteiger partial charge in [0.05, 0.1) is 39.0 Å². The van der Waals surface area contributed by atoms with Crippen LogP contribution in [0.1, 0.15) is 52.9 Å². The van der Waals surface area contributed by atoms with Crippen molar-refractivity contribution in [2.45, 2.75) is 65.5 Å². The van der Waals surface area contributed by atoms with E-state index >= 15 is 0 Å². The van der Waals surface area contributed by atoms with Crippen molar-refractivity contribution >= 4 is 5.97 Å². The molecule has 1 unspecified atom stereocenters. The highest BCUT2D eigenvalue weighted by Gasteiger charge is 2.26. The summed E-state index contributed by atoms with van der Waals surface area (Å²) >= 11 is 0. The highest BCUT2D eigenvalue weighted by molar-refractivity contribution is 5.69. The molecule has 1 atom stereocenters. The number of rotatable bonds is 7. The molecule has 24 heavy (non-hydrogen) atoms. The molecule has 1 heterocycles. The molecule has 6 heteroatoms. The van der Waals surface area contributed by atoms with E-state index < -0.39 is 19.1 Å². The first kappa shape index (κ1) is 21.1. The predicted octanol–water partition coefficient (Wildman–Crippen LogP) is 3.77. The number of hydrogen-bond donors (Lipinski definition) is 0. The van der Waals surface area contributed by atoms with Crippen molar-refractivity contribution in [3.05, 3.63) is 11.6 Å². The Kier molecular flexibility index (Phi) is 10.9. The molecule has 0 saturated carbocycles. The van der Waals surface area contributed by atoms with Crippen LogP contribution in [0.2, 0.25) is 0 Å². The Morgan fingerprint density at radius 3 is 2.58 bits per heavy atom. The van der Waals surface area contributed by atoms with Gasteiger partial charge in [0.2, 0.25) is 0 Å². The van der Waals surface area contributed by atoms with E-state index in [1.54, 1.807) is 0 Å². The highest BCUT2D eigenvalue weighted by atomic mass is 19.1. The summed E-state index contributed by atoms with van der Waals surface area (Å²) in [4.78, 5) is 11.1. The minimum absolute atomic E-state index is 0.132. The number of hydrogen-bond acceptors (Lipinski definition) is 5. The number of halogens is 1. The minimum Gasteiger partial charge on any atom is -0.410 e. The lowest BCUT2D eigenvalue weighted by atomic mass is 9.95. The zero-order valence-electron chi connectivity index (χ0n) is 15.1. The number of alkyl halides is 1. The Labute approximate surface area is 144 Å². The maximum atomic E-state index is 12.0. The standard InChI is InChI=1S/C16H25FO5.C2H6/c1-2-12-3-5-14(6-4-12)19-9-13-10-20-16(21-11-13)22-15(18)7-8-17;1-2/h3,13-14,16H,2,4-11H2,1H3;1-2H3. The first-order chi connectivity index (χ1) is 11.7. The number of carbonyl (C=O) groups excluding carboxylic acids is 1. The second kappa shape index (κ2) is 12.4. The fraction of sp³-hybridized carbons (Fsp3) is 0.833. The number of esters is 1. The molecule has 140 valence electrons. The summed E-state index contributed by atoms with van der Waals surface area (Å²) in [5.41, 5.74) is 1.52. The molecule has 1 saturated heterocycles. The van der Waals surface area contributed by atoms with Crippen LogP contribution in [0.5, 0.6) is 0 Å². The van der Waals surface area contributed by atoms with Crippen molar-refractivity contribution in [1.82, 2.24) is 0 Å². The molecular weight excluding hydrogens is 315 g/mol. The molecule has 0 aromatic heterocycles. The van der Waals surface area contributed by atoms with E-state index in [4.69, 9.17) is 18.9 Å². The Hall–Kier alpha value is -0.980. The lowest BCUT2D eigenvalue weighted by Crippen LogP contribution is -2.37. The topological polar surface area (TPSA) is 54.0 Å². The molecule has 1 aliphatic carbocycles. The Bertz CT molecular complexity index is 378. The molecule has 0 aromatic rings. The van der Waals surface area contributed by atoms with Crippen LogP contribution in [-0.4, -0.2) is 45.0 Å². The average Bonchev–Trinajstić information content (AvgIpc) is 2.63. The normalized spacial score (nSPS) is 26.8. The maximum Gasteiger partial charge on any atom is 0.318 e. The van der Waals surface area contributed by atoms with Gasteiger partial charge in [-0.3, -0.25) is 9.18 Å². The van der Waals surface area contributed by atoms with Gasteiger partial charge in [-0.25, -0.2) is 0 Å². The smallest absolute Gasteiger partial charge is 0.318 e. The van der Waals surface area contributed by atoms with Crippen molar-refractivity contribution in [1.29, 1.82) is 0 Å². The molecule has 5 nitrogen and oxygen atoms in total. The first-order valence-electron chi connectivity index (χ1n) is 8.99. The summed E-state index contributed by atoms with van der Waals surface area (Å²) in [7, 11) is 0. The largest absolute Gasteiger partial charge is 0.410 e. The van der Waals surface area contributed by atoms with Gasteiger partial charge in [0.15, 0.2) is 0 Å². The van der Waals surface area contributed by atoms with E-state index in [0.717, 1.165) is 25.7 Å². The molecule has 2 rings (SSSR count). The zero-order chi connectivity index (χ0) is 17.8. The summed E-state index contributed by atoms with van der Waals surface area (Å²) in [5.74, 6) is -0.518. The second-order valence-corrected chi connectivity index (χ2v) is 5.70. The lowest BCUT2D eigenvalue weighted by Gasteiger charge is -2.30. The van der Waals surface area contributed by atoms with Crippen molar-refractivity contribution in [2.75, 3.05) is 26.5 Å². The van der Waals surface area contributed by atoms with E-state index in [1.165, 1.54) is 5.57 Å². The Morgan fingerprint density at radius 2 is 2.04 bits per heavy atom. The predicted molar refractivity (Wildman–Crippen MR) is 89.2 cm³/mol. The van der Waals surface area contributed by atoms with Crippen LogP contribution < -0.4 is 0 Å². The summed E-state index contributed by atoms with van der Waals surface area (Å²) in [6.45, 7) is 5.83. The third kappa shape index (κ3) is 7.73. The first-order valence-corrected chi connectivity index (χ1v) is 8.99. The molecular formula is C18H31FO5. The van der Waals surface area contributed by atoms with Crippen LogP contribution in [0.4, 0.5) is 4.39 Å². The summed E-state index contributed by atoms with van der Waals surface area (Å²) in [6, 6.07) is 0. The van der Waals surface area contributed by atoms with Crippen LogP contribution >= 0.6 is 0 Å². The van der Waals surface area contributed by atoms with E-state index in [0.29, 0.717) is 19.8 Å². The summed E-state index contributed by atoms with van der Waals surface area (Å²) < 4.78 is 33.3. The molecule has 0 radical (unpaired) electrons. The molecule has 0 aromatic carbocycles. The molecule has 0 spiro atoms. The SMILES string of the molecule is CC.CCC1=CCC(OCC2COC(OC(=O)CCF)OC2)CC1. The van der Waals surface area contributed by atoms with Crippen LogP contribution in [0.25, 0.3) is 0 Å². The number of allylic oxidation sites excluding steroid dienone is 1. The minimum atomic E-state index is -1.01.